The third-order valence-corrected chi connectivity index (χ3v) is 4.20. The predicted octanol–water partition coefficient (Wildman–Crippen LogP) is 1.61. The fourth-order valence-corrected chi connectivity index (χ4v) is 3.14. The second-order valence-electron chi connectivity index (χ2n) is 5.84. The molecule has 2 N–H and O–H groups in total. The molecule has 100 valence electrons. The van der Waals surface area contributed by atoms with Crippen molar-refractivity contribution < 1.29 is 5.11 Å². The van der Waals surface area contributed by atoms with Crippen molar-refractivity contribution in [2.45, 2.75) is 64.1 Å². The van der Waals surface area contributed by atoms with Gasteiger partial charge in [-0.15, -0.1) is 0 Å². The number of aliphatic hydroxyl groups is 1. The molecule has 0 bridgehead atoms. The number of likely N-dealkylation sites (tertiary alicyclic amines) is 1. The van der Waals surface area contributed by atoms with E-state index in [1.54, 1.807) is 0 Å². The first kappa shape index (κ1) is 13.3. The van der Waals surface area contributed by atoms with Crippen LogP contribution < -0.4 is 5.32 Å². The molecule has 3 heteroatoms. The molecule has 17 heavy (non-hydrogen) atoms. The molecule has 0 spiro atoms. The van der Waals surface area contributed by atoms with Crippen molar-refractivity contribution in [2.75, 3.05) is 19.6 Å². The molecule has 1 heterocycles. The first-order valence-electron chi connectivity index (χ1n) is 7.38. The first-order valence-corrected chi connectivity index (χ1v) is 7.38. The molecule has 2 rings (SSSR count). The van der Waals surface area contributed by atoms with Crippen LogP contribution in [-0.2, 0) is 0 Å². The number of nitrogens with zero attached hydrogens (tertiary/aromatic N) is 1. The Labute approximate surface area is 106 Å². The highest BCUT2D eigenvalue weighted by atomic mass is 16.3. The number of hydrogen-bond donors (Lipinski definition) is 2. The van der Waals surface area contributed by atoms with E-state index in [0.29, 0.717) is 12.0 Å². The molecule has 3 atom stereocenters. The van der Waals surface area contributed by atoms with Gasteiger partial charge in [0.15, 0.2) is 0 Å². The summed E-state index contributed by atoms with van der Waals surface area (Å²) in [6.45, 7) is 7.76. The Morgan fingerprint density at radius 1 is 1.29 bits per heavy atom. The van der Waals surface area contributed by atoms with Crippen LogP contribution in [0.5, 0.6) is 0 Å². The molecule has 1 aliphatic carbocycles. The summed E-state index contributed by atoms with van der Waals surface area (Å²) in [4.78, 5) is 2.66. The van der Waals surface area contributed by atoms with Gasteiger partial charge >= 0.3 is 0 Å². The lowest BCUT2D eigenvalue weighted by atomic mass is 9.88. The minimum atomic E-state index is -0.0959. The molecule has 1 aliphatic heterocycles. The normalized spacial score (nSPS) is 32.6. The number of likely N-dealkylation sites (N-methyl/N-ethyl adjacent to an activating group) is 1. The van der Waals surface area contributed by atoms with E-state index in [1.165, 1.54) is 32.4 Å². The molecular formula is C14H28N2O. The predicted molar refractivity (Wildman–Crippen MR) is 71.1 cm³/mol. The van der Waals surface area contributed by atoms with Gasteiger partial charge < -0.3 is 10.4 Å². The number of nitrogens with one attached hydrogen (secondary N) is 1. The summed E-state index contributed by atoms with van der Waals surface area (Å²) in [6, 6.07) is 1.50. The van der Waals surface area contributed by atoms with Crippen molar-refractivity contribution in [3.05, 3.63) is 0 Å². The van der Waals surface area contributed by atoms with Gasteiger partial charge in [-0.1, -0.05) is 13.8 Å². The molecular weight excluding hydrogens is 212 g/mol. The zero-order chi connectivity index (χ0) is 12.3. The third kappa shape index (κ3) is 3.94. The van der Waals surface area contributed by atoms with Crippen LogP contribution in [0.25, 0.3) is 0 Å². The number of piperidine rings is 1. The zero-order valence-corrected chi connectivity index (χ0v) is 11.4. The topological polar surface area (TPSA) is 35.5 Å². The van der Waals surface area contributed by atoms with E-state index in [1.807, 2.05) is 0 Å². The van der Waals surface area contributed by atoms with E-state index in [-0.39, 0.29) is 6.10 Å². The van der Waals surface area contributed by atoms with E-state index in [2.05, 4.69) is 24.1 Å². The van der Waals surface area contributed by atoms with Crippen LogP contribution in [0.3, 0.4) is 0 Å². The van der Waals surface area contributed by atoms with Crippen LogP contribution in [-0.4, -0.2) is 47.8 Å². The molecule has 0 radical (unpaired) electrons. The Bertz CT molecular complexity index is 230. The van der Waals surface area contributed by atoms with Gasteiger partial charge in [-0.25, -0.2) is 0 Å². The second kappa shape index (κ2) is 6.17. The zero-order valence-electron chi connectivity index (χ0n) is 11.4. The first-order chi connectivity index (χ1) is 8.22. The number of aliphatic hydroxyl groups excluding tert-OH is 1. The molecule has 2 aliphatic rings. The van der Waals surface area contributed by atoms with Gasteiger partial charge in [0.1, 0.15) is 0 Å². The molecule has 0 aromatic carbocycles. The van der Waals surface area contributed by atoms with Crippen molar-refractivity contribution >= 4 is 0 Å². The van der Waals surface area contributed by atoms with E-state index in [4.69, 9.17) is 0 Å². The highest BCUT2D eigenvalue weighted by Gasteiger charge is 2.36. The molecule has 3 unspecified atom stereocenters. The molecule has 1 saturated carbocycles. The van der Waals surface area contributed by atoms with Gasteiger partial charge in [0.2, 0.25) is 0 Å². The summed E-state index contributed by atoms with van der Waals surface area (Å²) in [5, 5.41) is 13.4. The Kier molecular flexibility index (Phi) is 4.83. The van der Waals surface area contributed by atoms with Crippen LogP contribution in [0.4, 0.5) is 0 Å². The lowest BCUT2D eigenvalue weighted by Gasteiger charge is -2.39. The smallest absolute Gasteiger partial charge is 0.0540 e. The van der Waals surface area contributed by atoms with E-state index in [0.717, 1.165) is 25.4 Å². The van der Waals surface area contributed by atoms with E-state index < -0.39 is 0 Å². The van der Waals surface area contributed by atoms with Crippen LogP contribution in [0.15, 0.2) is 0 Å². The fraction of sp³-hybridized carbons (Fsp3) is 1.00. The van der Waals surface area contributed by atoms with Gasteiger partial charge in [0.05, 0.1) is 6.10 Å². The average Bonchev–Trinajstić information content (AvgIpc) is 3.12. The van der Waals surface area contributed by atoms with Gasteiger partial charge in [-0.2, -0.15) is 0 Å². The largest absolute Gasteiger partial charge is 0.393 e. The highest BCUT2D eigenvalue weighted by Crippen LogP contribution is 2.32. The summed E-state index contributed by atoms with van der Waals surface area (Å²) < 4.78 is 0. The van der Waals surface area contributed by atoms with E-state index >= 15 is 0 Å². The van der Waals surface area contributed by atoms with E-state index in [9.17, 15) is 5.11 Å². The molecule has 0 aromatic rings. The molecule has 2 fully saturated rings. The standard InChI is InChI=1S/C14H28N2O/c1-3-14(17)8-11-7-12(15-4-2)10-16(9-11)13-5-6-13/h11-15,17H,3-10H2,1-2H3. The second-order valence-corrected chi connectivity index (χ2v) is 5.84. The molecule has 1 saturated heterocycles. The molecule has 3 nitrogen and oxygen atoms in total. The van der Waals surface area contributed by atoms with Crippen molar-refractivity contribution in [3.8, 4) is 0 Å². The Morgan fingerprint density at radius 2 is 2.06 bits per heavy atom. The molecule has 0 aromatic heterocycles. The number of hydrogen-bond acceptors (Lipinski definition) is 3. The third-order valence-electron chi connectivity index (χ3n) is 4.20. The summed E-state index contributed by atoms with van der Waals surface area (Å²) >= 11 is 0. The van der Waals surface area contributed by atoms with Crippen molar-refractivity contribution in [3.63, 3.8) is 0 Å². The summed E-state index contributed by atoms with van der Waals surface area (Å²) in [5.74, 6) is 0.684. The maximum absolute atomic E-state index is 9.83. The van der Waals surface area contributed by atoms with Gasteiger partial charge in [0, 0.05) is 25.2 Å². The molecule has 0 amide bonds. The average molecular weight is 240 g/mol. The van der Waals surface area contributed by atoms with Gasteiger partial charge in [0.25, 0.3) is 0 Å². The highest BCUT2D eigenvalue weighted by molar-refractivity contribution is 4.92. The van der Waals surface area contributed by atoms with Crippen LogP contribution in [0.2, 0.25) is 0 Å². The maximum atomic E-state index is 9.83. The lowest BCUT2D eigenvalue weighted by molar-refractivity contribution is 0.0807. The number of rotatable bonds is 6. The quantitative estimate of drug-likeness (QED) is 0.740. The van der Waals surface area contributed by atoms with Gasteiger partial charge in [-0.3, -0.25) is 4.90 Å². The minimum Gasteiger partial charge on any atom is -0.393 e. The van der Waals surface area contributed by atoms with Crippen LogP contribution >= 0.6 is 0 Å². The Morgan fingerprint density at radius 3 is 2.65 bits per heavy atom. The lowest BCUT2D eigenvalue weighted by Crippen LogP contribution is -2.50. The maximum Gasteiger partial charge on any atom is 0.0540 e. The minimum absolute atomic E-state index is 0.0959. The summed E-state index contributed by atoms with van der Waals surface area (Å²) in [5.41, 5.74) is 0. The van der Waals surface area contributed by atoms with Crippen LogP contribution in [0, 0.1) is 5.92 Å². The Hall–Kier alpha value is -0.120. The monoisotopic (exact) mass is 240 g/mol. The van der Waals surface area contributed by atoms with Crippen molar-refractivity contribution in [1.29, 1.82) is 0 Å². The van der Waals surface area contributed by atoms with Crippen LogP contribution in [0.1, 0.15) is 46.0 Å². The SMILES string of the molecule is CCNC1CC(CC(O)CC)CN(C2CC2)C1. The summed E-state index contributed by atoms with van der Waals surface area (Å²) in [7, 11) is 0. The summed E-state index contributed by atoms with van der Waals surface area (Å²) in [6.07, 6.45) is 5.81. The van der Waals surface area contributed by atoms with Crippen molar-refractivity contribution in [1.82, 2.24) is 10.2 Å². The fourth-order valence-electron chi connectivity index (χ4n) is 3.14. The van der Waals surface area contributed by atoms with Gasteiger partial charge in [-0.05, 0) is 44.6 Å². The van der Waals surface area contributed by atoms with Crippen molar-refractivity contribution in [2.24, 2.45) is 5.92 Å². The Balaban J connectivity index is 1.86.